The lowest BCUT2D eigenvalue weighted by molar-refractivity contribution is -0.0347. The van der Waals surface area contributed by atoms with Gasteiger partial charge in [0, 0.05) is 92.6 Å². The highest BCUT2D eigenvalue weighted by molar-refractivity contribution is 5.73. The number of likely N-dealkylation sites (tertiary alicyclic amines) is 2. The van der Waals surface area contributed by atoms with Crippen molar-refractivity contribution in [2.75, 3.05) is 106 Å². The third-order valence-corrected chi connectivity index (χ3v) is 9.96. The molecule has 4 aliphatic rings. The Morgan fingerprint density at radius 3 is 1.90 bits per heavy atom. The number of carbonyl (C=O) groups is 3. The van der Waals surface area contributed by atoms with Crippen LogP contribution in [0.1, 0.15) is 52.0 Å². The number of benzene rings is 1. The van der Waals surface area contributed by atoms with E-state index in [1.54, 1.807) is 4.90 Å². The summed E-state index contributed by atoms with van der Waals surface area (Å²) in [5.74, 6) is 1.24. The van der Waals surface area contributed by atoms with E-state index in [0.29, 0.717) is 31.5 Å². The summed E-state index contributed by atoms with van der Waals surface area (Å²) in [5.41, 5.74) is 6.18. The first-order valence-corrected chi connectivity index (χ1v) is 19.1. The van der Waals surface area contributed by atoms with Gasteiger partial charge in [0.15, 0.2) is 0 Å². The monoisotopic (exact) mass is 731 g/mol. The van der Waals surface area contributed by atoms with Crippen molar-refractivity contribution in [1.29, 1.82) is 0 Å². The van der Waals surface area contributed by atoms with E-state index < -0.39 is 11.7 Å². The number of nitrogens with one attached hydrogen (secondary N) is 1. The number of ether oxygens (including phenoxy) is 4. The lowest BCUT2D eigenvalue weighted by Gasteiger charge is -2.38. The molecule has 2 atom stereocenters. The summed E-state index contributed by atoms with van der Waals surface area (Å²) in [6.45, 7) is 17.4. The maximum absolute atomic E-state index is 12.2. The highest BCUT2D eigenvalue weighted by Crippen LogP contribution is 2.22. The second-order valence-electron chi connectivity index (χ2n) is 15.7. The van der Waals surface area contributed by atoms with Crippen LogP contribution < -0.4 is 11.1 Å². The van der Waals surface area contributed by atoms with Crippen molar-refractivity contribution in [3.63, 3.8) is 0 Å². The summed E-state index contributed by atoms with van der Waals surface area (Å²) < 4.78 is 22.2. The standard InChI is InChI=1S/C24H37N3O5.C14H28N4O2/c1-24(2,3)32-23(29)27-11-9-19(10-12-27)16-26-13-14-30-21(17-26)15-25-22(28)31-18-20-7-5-4-6-8-20;1-16(2)14(19)18-5-3-12(4-6-18)10-17-7-8-20-13(9-15)11-17/h4-8,19,21H,9-18H2,1-3H3,(H,25,28);12-13H,3-11,15H2,1-2H3. The number of piperidine rings is 2. The summed E-state index contributed by atoms with van der Waals surface area (Å²) in [7, 11) is 3.63. The van der Waals surface area contributed by atoms with E-state index in [1.807, 2.05) is 75.0 Å². The molecule has 2 unspecified atom stereocenters. The van der Waals surface area contributed by atoms with Crippen LogP contribution in [0.25, 0.3) is 0 Å². The summed E-state index contributed by atoms with van der Waals surface area (Å²) >= 11 is 0. The second kappa shape index (κ2) is 20.9. The molecule has 3 N–H and O–H groups in total. The third-order valence-electron chi connectivity index (χ3n) is 9.96. The molecule has 0 aliphatic carbocycles. The molecule has 4 aliphatic heterocycles. The van der Waals surface area contributed by atoms with Gasteiger partial charge in [0.25, 0.3) is 0 Å². The van der Waals surface area contributed by atoms with E-state index in [1.165, 1.54) is 0 Å². The quantitative estimate of drug-likeness (QED) is 0.389. The van der Waals surface area contributed by atoms with Crippen LogP contribution in [-0.4, -0.2) is 166 Å². The largest absolute Gasteiger partial charge is 0.445 e. The number of nitrogens with zero attached hydrogens (tertiary/aromatic N) is 5. The fourth-order valence-electron chi connectivity index (χ4n) is 7.07. The number of hydrogen-bond acceptors (Lipinski definition) is 10. The van der Waals surface area contributed by atoms with E-state index in [2.05, 4.69) is 15.1 Å². The molecule has 4 heterocycles. The summed E-state index contributed by atoms with van der Waals surface area (Å²) in [6.07, 6.45) is 3.66. The number of morpholine rings is 2. The van der Waals surface area contributed by atoms with E-state index in [4.69, 9.17) is 24.7 Å². The molecule has 1 aromatic rings. The molecule has 0 aromatic heterocycles. The molecule has 1 aromatic carbocycles. The van der Waals surface area contributed by atoms with Crippen LogP contribution in [0.4, 0.5) is 14.4 Å². The fourth-order valence-corrected chi connectivity index (χ4v) is 7.07. The molecule has 0 saturated carbocycles. The van der Waals surface area contributed by atoms with E-state index in [0.717, 1.165) is 103 Å². The smallest absolute Gasteiger partial charge is 0.410 e. The van der Waals surface area contributed by atoms with E-state index in [-0.39, 0.29) is 30.9 Å². The minimum atomic E-state index is -0.460. The second-order valence-corrected chi connectivity index (χ2v) is 15.7. The first kappa shape index (κ1) is 41.6. The van der Waals surface area contributed by atoms with Gasteiger partial charge in [0.2, 0.25) is 0 Å². The highest BCUT2D eigenvalue weighted by atomic mass is 16.6. The van der Waals surface area contributed by atoms with Crippen molar-refractivity contribution in [2.45, 2.75) is 70.9 Å². The van der Waals surface area contributed by atoms with E-state index in [9.17, 15) is 14.4 Å². The van der Waals surface area contributed by atoms with Crippen LogP contribution in [0, 0.1) is 11.8 Å². The summed E-state index contributed by atoms with van der Waals surface area (Å²) in [5, 5.41) is 2.81. The number of alkyl carbamates (subject to hydrolysis) is 1. The minimum absolute atomic E-state index is 0.0464. The zero-order chi connectivity index (χ0) is 37.5. The SMILES string of the molecule is CC(C)(C)OC(=O)N1CCC(CN2CCOC(CNC(=O)OCc3ccccc3)C2)CC1.CN(C)C(=O)N1CCC(CN2CCOC(CN)C2)CC1. The van der Waals surface area contributed by atoms with Gasteiger partial charge in [-0.2, -0.15) is 0 Å². The van der Waals surface area contributed by atoms with Gasteiger partial charge >= 0.3 is 18.2 Å². The number of urea groups is 1. The van der Waals surface area contributed by atoms with Crippen LogP contribution in [0.15, 0.2) is 30.3 Å². The first-order valence-electron chi connectivity index (χ1n) is 19.1. The van der Waals surface area contributed by atoms with Gasteiger partial charge < -0.3 is 44.7 Å². The Hall–Kier alpha value is -3.17. The predicted molar refractivity (Wildman–Crippen MR) is 200 cm³/mol. The first-order chi connectivity index (χ1) is 24.9. The normalized spacial score (nSPS) is 22.6. The van der Waals surface area contributed by atoms with Gasteiger partial charge in [-0.25, -0.2) is 14.4 Å². The van der Waals surface area contributed by atoms with Gasteiger partial charge in [0.05, 0.1) is 25.4 Å². The Labute approximate surface area is 311 Å². The Morgan fingerprint density at radius 2 is 1.37 bits per heavy atom. The molecule has 14 nitrogen and oxygen atoms in total. The molecule has 5 rings (SSSR count). The van der Waals surface area contributed by atoms with Crippen molar-refractivity contribution < 1.29 is 33.3 Å². The van der Waals surface area contributed by atoms with Crippen LogP contribution >= 0.6 is 0 Å². The molecular formula is C38H65N7O7. The minimum Gasteiger partial charge on any atom is -0.445 e. The summed E-state index contributed by atoms with van der Waals surface area (Å²) in [6, 6.07) is 9.75. The maximum Gasteiger partial charge on any atom is 0.410 e. The third kappa shape index (κ3) is 14.7. The van der Waals surface area contributed by atoms with Crippen LogP contribution in [-0.2, 0) is 25.6 Å². The Kier molecular flexibility index (Phi) is 16.7. The molecule has 294 valence electrons. The molecule has 0 spiro atoms. The van der Waals surface area contributed by atoms with Gasteiger partial charge in [-0.05, 0) is 63.9 Å². The fraction of sp³-hybridized carbons (Fsp3) is 0.763. The Bertz CT molecular complexity index is 1220. The van der Waals surface area contributed by atoms with Gasteiger partial charge in [0.1, 0.15) is 12.2 Å². The van der Waals surface area contributed by atoms with Crippen molar-refractivity contribution in [3.8, 4) is 0 Å². The topological polar surface area (TPSA) is 142 Å². The lowest BCUT2D eigenvalue weighted by atomic mass is 9.96. The maximum atomic E-state index is 12.2. The number of hydrogen-bond donors (Lipinski definition) is 2. The molecule has 4 amide bonds. The Balaban J connectivity index is 0.000000259. The van der Waals surface area contributed by atoms with Gasteiger partial charge in [-0.15, -0.1) is 0 Å². The van der Waals surface area contributed by atoms with Crippen LogP contribution in [0.5, 0.6) is 0 Å². The number of nitrogens with two attached hydrogens (primary N) is 1. The highest BCUT2D eigenvalue weighted by Gasteiger charge is 2.30. The van der Waals surface area contributed by atoms with Crippen LogP contribution in [0.2, 0.25) is 0 Å². The lowest BCUT2D eigenvalue weighted by Crippen LogP contribution is -2.50. The number of rotatable bonds is 9. The average Bonchev–Trinajstić information content (AvgIpc) is 3.13. The van der Waals surface area contributed by atoms with Crippen molar-refractivity contribution >= 4 is 18.2 Å². The van der Waals surface area contributed by atoms with E-state index >= 15 is 0 Å². The molecule has 4 fully saturated rings. The number of amides is 4. The van der Waals surface area contributed by atoms with Crippen LogP contribution in [0.3, 0.4) is 0 Å². The summed E-state index contributed by atoms with van der Waals surface area (Å²) in [4.78, 5) is 46.4. The molecule has 52 heavy (non-hydrogen) atoms. The zero-order valence-corrected chi connectivity index (χ0v) is 32.3. The molecule has 4 saturated heterocycles. The molecule has 0 bridgehead atoms. The van der Waals surface area contributed by atoms with Gasteiger partial charge in [-0.3, -0.25) is 9.80 Å². The van der Waals surface area contributed by atoms with Crippen molar-refractivity contribution in [1.82, 2.24) is 29.8 Å². The molecule has 14 heteroatoms. The number of carbonyl (C=O) groups excluding carboxylic acids is 3. The van der Waals surface area contributed by atoms with Crippen molar-refractivity contribution in [2.24, 2.45) is 17.6 Å². The average molecular weight is 732 g/mol. The molecule has 0 radical (unpaired) electrons. The Morgan fingerprint density at radius 1 is 0.827 bits per heavy atom. The molecular weight excluding hydrogens is 666 g/mol. The zero-order valence-electron chi connectivity index (χ0n) is 32.3. The van der Waals surface area contributed by atoms with Gasteiger partial charge in [-0.1, -0.05) is 30.3 Å². The predicted octanol–water partition coefficient (Wildman–Crippen LogP) is 3.30. The van der Waals surface area contributed by atoms with Crippen molar-refractivity contribution in [3.05, 3.63) is 35.9 Å².